The number of allylic oxidation sites excluding steroid dienone is 2. The van der Waals surface area contributed by atoms with Gasteiger partial charge in [-0.3, -0.25) is 0 Å². The van der Waals surface area contributed by atoms with E-state index in [4.69, 9.17) is 0 Å². The van der Waals surface area contributed by atoms with Crippen molar-refractivity contribution < 1.29 is 0 Å². The van der Waals surface area contributed by atoms with Crippen LogP contribution >= 0.6 is 31.9 Å². The first-order chi connectivity index (χ1) is 8.54. The quantitative estimate of drug-likeness (QED) is 0.480. The molecule has 1 saturated carbocycles. The molecule has 0 amide bonds. The number of hydrogen-bond donors (Lipinski definition) is 0. The lowest BCUT2D eigenvalue weighted by Crippen LogP contribution is -2.16. The van der Waals surface area contributed by atoms with E-state index in [0.717, 1.165) is 5.92 Å². The summed E-state index contributed by atoms with van der Waals surface area (Å²) in [4.78, 5) is 0. The molecule has 0 radical (unpaired) electrons. The topological polar surface area (TPSA) is 0 Å². The van der Waals surface area contributed by atoms with Crippen molar-refractivity contribution in [2.24, 2.45) is 5.92 Å². The maximum absolute atomic E-state index is 3.65. The predicted octanol–water partition coefficient (Wildman–Crippen LogP) is 6.16. The summed E-state index contributed by atoms with van der Waals surface area (Å²) in [7, 11) is 0. The Bertz CT molecular complexity index is 508. The third-order valence-corrected chi connectivity index (χ3v) is 6.27. The molecule has 18 heavy (non-hydrogen) atoms. The van der Waals surface area contributed by atoms with Gasteiger partial charge in [0.15, 0.2) is 0 Å². The van der Waals surface area contributed by atoms with Crippen molar-refractivity contribution in [1.82, 2.24) is 0 Å². The maximum atomic E-state index is 3.65. The van der Waals surface area contributed by atoms with Crippen molar-refractivity contribution in [3.05, 3.63) is 43.9 Å². The van der Waals surface area contributed by atoms with E-state index in [1.165, 1.54) is 39.3 Å². The van der Waals surface area contributed by atoms with Crippen molar-refractivity contribution in [3.8, 4) is 0 Å². The first-order valence-electron chi connectivity index (χ1n) is 6.73. The summed E-state index contributed by atoms with van der Waals surface area (Å²) < 4.78 is 2.35. The fraction of sp³-hybridized carbons (Fsp3) is 0.500. The number of hydrogen-bond acceptors (Lipinski definition) is 0. The van der Waals surface area contributed by atoms with Crippen molar-refractivity contribution in [2.45, 2.75) is 44.9 Å². The van der Waals surface area contributed by atoms with Crippen LogP contribution in [-0.2, 0) is 0 Å². The minimum Gasteiger partial charge on any atom is -0.0781 e. The second-order valence-electron chi connectivity index (χ2n) is 5.92. The fourth-order valence-electron chi connectivity index (χ4n) is 3.45. The summed E-state index contributed by atoms with van der Waals surface area (Å²) in [5, 5.41) is 0. The Balaban J connectivity index is 2.12. The molecule has 1 aromatic rings. The Morgan fingerprint density at radius 2 is 1.61 bits per heavy atom. The SMILES string of the molecule is CC1C=C2CC(C2)CC(C)c2cc(Br)c(Br)cc21. The summed E-state index contributed by atoms with van der Waals surface area (Å²) in [5.41, 5.74) is 4.70. The summed E-state index contributed by atoms with van der Waals surface area (Å²) >= 11 is 7.29. The molecule has 2 atom stereocenters. The molecule has 96 valence electrons. The van der Waals surface area contributed by atoms with Gasteiger partial charge in [0.25, 0.3) is 0 Å². The van der Waals surface area contributed by atoms with E-state index >= 15 is 0 Å². The lowest BCUT2D eigenvalue weighted by Gasteiger charge is -2.31. The van der Waals surface area contributed by atoms with Gasteiger partial charge < -0.3 is 0 Å². The van der Waals surface area contributed by atoms with E-state index in [1.807, 2.05) is 0 Å². The van der Waals surface area contributed by atoms with Gasteiger partial charge in [-0.1, -0.05) is 25.5 Å². The molecule has 2 unspecified atom stereocenters. The Kier molecular flexibility index (Phi) is 3.44. The van der Waals surface area contributed by atoms with Crippen molar-refractivity contribution in [2.75, 3.05) is 0 Å². The zero-order chi connectivity index (χ0) is 12.9. The zero-order valence-electron chi connectivity index (χ0n) is 10.8. The summed E-state index contributed by atoms with van der Waals surface area (Å²) in [6.07, 6.45) is 6.51. The Hall–Kier alpha value is -0.0800. The molecule has 0 nitrogen and oxygen atoms in total. The first kappa shape index (κ1) is 12.9. The standard InChI is InChI=1S/C16H18Br2/c1-9-3-11-5-12(6-11)4-10(2)14-8-16(18)15(17)7-13(9)14/h3,7-10,12H,4-6H2,1-2H3. The van der Waals surface area contributed by atoms with E-state index in [1.54, 1.807) is 5.57 Å². The van der Waals surface area contributed by atoms with Crippen LogP contribution in [0.3, 0.4) is 0 Å². The average molecular weight is 370 g/mol. The predicted molar refractivity (Wildman–Crippen MR) is 84.1 cm³/mol. The normalized spacial score (nSPS) is 30.4. The van der Waals surface area contributed by atoms with E-state index in [0.29, 0.717) is 11.8 Å². The average Bonchev–Trinajstić information content (AvgIpc) is 2.34. The van der Waals surface area contributed by atoms with Crippen LogP contribution < -0.4 is 0 Å². The third kappa shape index (κ3) is 2.22. The zero-order valence-corrected chi connectivity index (χ0v) is 14.0. The third-order valence-electron chi connectivity index (χ3n) is 4.42. The monoisotopic (exact) mass is 368 g/mol. The van der Waals surface area contributed by atoms with Crippen molar-refractivity contribution in [1.29, 1.82) is 0 Å². The molecule has 0 spiro atoms. The Morgan fingerprint density at radius 3 is 2.28 bits per heavy atom. The maximum Gasteiger partial charge on any atom is 0.0320 e. The molecule has 2 bridgehead atoms. The van der Waals surface area contributed by atoms with Crippen LogP contribution in [0.15, 0.2) is 32.7 Å². The van der Waals surface area contributed by atoms with E-state index in [9.17, 15) is 0 Å². The Labute approximate surface area is 126 Å². The van der Waals surface area contributed by atoms with Crippen LogP contribution in [0.1, 0.15) is 56.1 Å². The lowest BCUT2D eigenvalue weighted by molar-refractivity contribution is 0.365. The fourth-order valence-corrected chi connectivity index (χ4v) is 4.18. The molecule has 1 aromatic carbocycles. The number of rotatable bonds is 0. The Morgan fingerprint density at radius 1 is 1.00 bits per heavy atom. The smallest absolute Gasteiger partial charge is 0.0320 e. The molecule has 0 heterocycles. The lowest BCUT2D eigenvalue weighted by atomic mass is 9.75. The molecular weight excluding hydrogens is 352 g/mol. The van der Waals surface area contributed by atoms with Gasteiger partial charge in [0.05, 0.1) is 0 Å². The van der Waals surface area contributed by atoms with Gasteiger partial charge in [0.1, 0.15) is 0 Å². The highest BCUT2D eigenvalue weighted by Gasteiger charge is 2.29. The second-order valence-corrected chi connectivity index (χ2v) is 7.63. The van der Waals surface area contributed by atoms with E-state index in [-0.39, 0.29) is 0 Å². The molecule has 0 aromatic heterocycles. The van der Waals surface area contributed by atoms with Crippen molar-refractivity contribution in [3.63, 3.8) is 0 Å². The van der Waals surface area contributed by atoms with Crippen LogP contribution in [0, 0.1) is 5.92 Å². The van der Waals surface area contributed by atoms with Gasteiger partial charge in [-0.15, -0.1) is 0 Å². The van der Waals surface area contributed by atoms with Crippen LogP contribution in [0.2, 0.25) is 0 Å². The highest BCUT2D eigenvalue weighted by atomic mass is 79.9. The first-order valence-corrected chi connectivity index (χ1v) is 8.31. The molecule has 0 saturated heterocycles. The molecular formula is C16H18Br2. The molecule has 0 aliphatic heterocycles. The van der Waals surface area contributed by atoms with Gasteiger partial charge in [-0.2, -0.15) is 0 Å². The minimum absolute atomic E-state index is 0.542. The van der Waals surface area contributed by atoms with Gasteiger partial charge in [-0.25, -0.2) is 0 Å². The van der Waals surface area contributed by atoms with Crippen LogP contribution in [-0.4, -0.2) is 0 Å². The molecule has 1 fully saturated rings. The molecule has 0 N–H and O–H groups in total. The van der Waals surface area contributed by atoms with Crippen LogP contribution in [0.4, 0.5) is 0 Å². The molecule has 3 aliphatic rings. The van der Waals surface area contributed by atoms with E-state index < -0.39 is 0 Å². The summed E-state index contributed by atoms with van der Waals surface area (Å²) in [6, 6.07) is 4.63. The largest absolute Gasteiger partial charge is 0.0781 e. The van der Waals surface area contributed by atoms with Gasteiger partial charge in [-0.05, 0) is 92.1 Å². The highest BCUT2D eigenvalue weighted by Crippen LogP contribution is 2.45. The number of halogens is 2. The minimum atomic E-state index is 0.542. The van der Waals surface area contributed by atoms with Gasteiger partial charge in [0, 0.05) is 8.95 Å². The van der Waals surface area contributed by atoms with Gasteiger partial charge in [0.2, 0.25) is 0 Å². The van der Waals surface area contributed by atoms with Crippen LogP contribution in [0.5, 0.6) is 0 Å². The highest BCUT2D eigenvalue weighted by molar-refractivity contribution is 9.13. The summed E-state index contributed by atoms with van der Waals surface area (Å²) in [6.45, 7) is 4.72. The summed E-state index contributed by atoms with van der Waals surface area (Å²) in [5.74, 6) is 2.14. The van der Waals surface area contributed by atoms with Crippen LogP contribution in [0.25, 0.3) is 0 Å². The van der Waals surface area contributed by atoms with E-state index in [2.05, 4.69) is 63.9 Å². The second kappa shape index (κ2) is 4.79. The molecule has 4 rings (SSSR count). The molecule has 2 heteroatoms. The molecule has 3 aliphatic carbocycles. The number of fused-ring (bicyclic) bond motifs is 2. The van der Waals surface area contributed by atoms with Gasteiger partial charge >= 0.3 is 0 Å². The number of benzene rings is 1. The van der Waals surface area contributed by atoms with Crippen molar-refractivity contribution >= 4 is 31.9 Å².